The molecule has 1 aromatic rings. The van der Waals surface area contributed by atoms with Crippen molar-refractivity contribution >= 4 is 11.8 Å². The first-order valence-corrected chi connectivity index (χ1v) is 8.51. The van der Waals surface area contributed by atoms with Crippen LogP contribution < -0.4 is 10.3 Å². The maximum absolute atomic E-state index is 12.7. The number of nitrogens with zero attached hydrogens (tertiary/aromatic N) is 3. The van der Waals surface area contributed by atoms with Gasteiger partial charge in [-0.1, -0.05) is 0 Å². The second-order valence-electron chi connectivity index (χ2n) is 6.19. The lowest BCUT2D eigenvalue weighted by Gasteiger charge is -2.32. The molecule has 2 fully saturated rings. The molecule has 136 valence electrons. The molecule has 1 atom stereocenters. The van der Waals surface area contributed by atoms with E-state index in [1.807, 2.05) is 0 Å². The predicted octanol–water partition coefficient (Wildman–Crippen LogP) is -0.293. The minimum absolute atomic E-state index is 0.0212. The summed E-state index contributed by atoms with van der Waals surface area (Å²) in [5.74, 6) is -0.0516. The summed E-state index contributed by atoms with van der Waals surface area (Å²) < 4.78 is 11.6. The second kappa shape index (κ2) is 7.69. The molecule has 0 unspecified atom stereocenters. The average Bonchev–Trinajstić information content (AvgIpc) is 3.13. The third-order valence-electron chi connectivity index (χ3n) is 4.69. The number of ether oxygens (including phenoxy) is 2. The SMILES string of the molecule is COc1cccn(CC(=O)N2CCC[C@H]2C(=O)N2CCOCC2)c1=O. The summed E-state index contributed by atoms with van der Waals surface area (Å²) in [4.78, 5) is 41.0. The van der Waals surface area contributed by atoms with E-state index in [0.717, 1.165) is 6.42 Å². The van der Waals surface area contributed by atoms with Crippen molar-refractivity contribution in [3.63, 3.8) is 0 Å². The number of likely N-dealkylation sites (tertiary alicyclic amines) is 1. The minimum Gasteiger partial charge on any atom is -0.491 e. The molecule has 0 aliphatic carbocycles. The van der Waals surface area contributed by atoms with Crippen LogP contribution in [0.4, 0.5) is 0 Å². The molecular formula is C17H23N3O5. The standard InChI is InChI=1S/C17H23N3O5/c1-24-14-5-3-6-19(17(14)23)12-15(21)20-7-2-4-13(20)16(22)18-8-10-25-11-9-18/h3,5-6,13H,2,4,7-12H2,1H3/t13-/m0/s1. The van der Waals surface area contributed by atoms with Crippen molar-refractivity contribution in [1.82, 2.24) is 14.4 Å². The molecule has 8 heteroatoms. The number of aromatic nitrogens is 1. The Morgan fingerprint density at radius 3 is 2.76 bits per heavy atom. The van der Waals surface area contributed by atoms with Crippen LogP contribution in [0.2, 0.25) is 0 Å². The fourth-order valence-corrected chi connectivity index (χ4v) is 3.35. The molecule has 0 N–H and O–H groups in total. The van der Waals surface area contributed by atoms with Gasteiger partial charge in [0.1, 0.15) is 12.6 Å². The Kier molecular flexibility index (Phi) is 5.37. The highest BCUT2D eigenvalue weighted by Crippen LogP contribution is 2.20. The van der Waals surface area contributed by atoms with E-state index < -0.39 is 6.04 Å². The first-order chi connectivity index (χ1) is 12.1. The molecule has 2 saturated heterocycles. The normalized spacial score (nSPS) is 20.6. The van der Waals surface area contributed by atoms with Crippen LogP contribution in [0.15, 0.2) is 23.1 Å². The van der Waals surface area contributed by atoms with Gasteiger partial charge in [0.15, 0.2) is 5.75 Å². The minimum atomic E-state index is -0.438. The van der Waals surface area contributed by atoms with Crippen LogP contribution in [0.1, 0.15) is 12.8 Å². The van der Waals surface area contributed by atoms with E-state index in [9.17, 15) is 14.4 Å². The molecule has 0 aromatic carbocycles. The second-order valence-corrected chi connectivity index (χ2v) is 6.19. The zero-order chi connectivity index (χ0) is 17.8. The molecule has 1 aromatic heterocycles. The Morgan fingerprint density at radius 2 is 2.04 bits per heavy atom. The van der Waals surface area contributed by atoms with Gasteiger partial charge >= 0.3 is 0 Å². The van der Waals surface area contributed by atoms with Crippen molar-refractivity contribution in [2.75, 3.05) is 40.0 Å². The average molecular weight is 349 g/mol. The fraction of sp³-hybridized carbons (Fsp3) is 0.588. The maximum atomic E-state index is 12.7. The lowest BCUT2D eigenvalue weighted by molar-refractivity contribution is -0.146. The van der Waals surface area contributed by atoms with Crippen molar-refractivity contribution < 1.29 is 19.1 Å². The molecule has 3 heterocycles. The summed E-state index contributed by atoms with van der Waals surface area (Å²) in [7, 11) is 1.42. The number of pyridine rings is 1. The summed E-state index contributed by atoms with van der Waals surface area (Å²) in [5, 5.41) is 0. The van der Waals surface area contributed by atoms with Crippen LogP contribution in [-0.4, -0.2) is 72.2 Å². The highest BCUT2D eigenvalue weighted by atomic mass is 16.5. The Balaban J connectivity index is 1.70. The summed E-state index contributed by atoms with van der Waals surface area (Å²) >= 11 is 0. The zero-order valence-corrected chi connectivity index (χ0v) is 14.3. The molecule has 2 aliphatic heterocycles. The van der Waals surface area contributed by atoms with Crippen molar-refractivity contribution in [3.8, 4) is 5.75 Å². The summed E-state index contributed by atoms with van der Waals surface area (Å²) in [6.45, 7) is 2.64. The van der Waals surface area contributed by atoms with Gasteiger partial charge in [-0.05, 0) is 25.0 Å². The predicted molar refractivity (Wildman–Crippen MR) is 89.4 cm³/mol. The Bertz CT molecular complexity index is 696. The molecule has 25 heavy (non-hydrogen) atoms. The largest absolute Gasteiger partial charge is 0.491 e. The van der Waals surface area contributed by atoms with Crippen LogP contribution in [0, 0.1) is 0 Å². The third kappa shape index (κ3) is 3.68. The van der Waals surface area contributed by atoms with Gasteiger partial charge in [0.25, 0.3) is 5.56 Å². The highest BCUT2D eigenvalue weighted by Gasteiger charge is 2.36. The van der Waals surface area contributed by atoms with Crippen molar-refractivity contribution in [1.29, 1.82) is 0 Å². The van der Waals surface area contributed by atoms with Crippen molar-refractivity contribution in [2.45, 2.75) is 25.4 Å². The Morgan fingerprint density at radius 1 is 1.28 bits per heavy atom. The van der Waals surface area contributed by atoms with Crippen LogP contribution >= 0.6 is 0 Å². The molecular weight excluding hydrogens is 326 g/mol. The van der Waals surface area contributed by atoms with Gasteiger partial charge in [-0.25, -0.2) is 0 Å². The Labute approximate surface area is 145 Å². The molecule has 0 bridgehead atoms. The summed E-state index contributed by atoms with van der Waals surface area (Å²) in [5.41, 5.74) is -0.353. The molecule has 2 aliphatic rings. The van der Waals surface area contributed by atoms with E-state index in [1.165, 1.54) is 11.7 Å². The van der Waals surface area contributed by atoms with Crippen molar-refractivity contribution in [2.24, 2.45) is 0 Å². The topological polar surface area (TPSA) is 81.1 Å². The smallest absolute Gasteiger partial charge is 0.293 e. The zero-order valence-electron chi connectivity index (χ0n) is 14.3. The van der Waals surface area contributed by atoms with Crippen molar-refractivity contribution in [3.05, 3.63) is 28.7 Å². The van der Waals surface area contributed by atoms with Gasteiger partial charge < -0.3 is 23.8 Å². The third-order valence-corrected chi connectivity index (χ3v) is 4.69. The number of carbonyl (C=O) groups excluding carboxylic acids is 2. The van der Waals surface area contributed by atoms with Gasteiger partial charge in [0, 0.05) is 25.8 Å². The lowest BCUT2D eigenvalue weighted by atomic mass is 10.2. The lowest BCUT2D eigenvalue weighted by Crippen LogP contribution is -2.51. The van der Waals surface area contributed by atoms with Crippen LogP contribution in [0.5, 0.6) is 5.75 Å². The van der Waals surface area contributed by atoms with E-state index in [2.05, 4.69) is 0 Å². The quantitative estimate of drug-likeness (QED) is 0.746. The first-order valence-electron chi connectivity index (χ1n) is 8.51. The summed E-state index contributed by atoms with van der Waals surface area (Å²) in [6, 6.07) is 2.78. The monoisotopic (exact) mass is 349 g/mol. The molecule has 0 spiro atoms. The molecule has 2 amide bonds. The first kappa shape index (κ1) is 17.5. The molecule has 8 nitrogen and oxygen atoms in total. The van der Waals surface area contributed by atoms with Gasteiger partial charge in [-0.3, -0.25) is 14.4 Å². The number of carbonyl (C=O) groups is 2. The van der Waals surface area contributed by atoms with Gasteiger partial charge in [0.05, 0.1) is 20.3 Å². The van der Waals surface area contributed by atoms with E-state index in [-0.39, 0.29) is 29.7 Å². The van der Waals surface area contributed by atoms with Gasteiger partial charge in [-0.2, -0.15) is 0 Å². The molecule has 0 saturated carbocycles. The number of methoxy groups -OCH3 is 1. The number of morpholine rings is 1. The molecule has 0 radical (unpaired) electrons. The Hall–Kier alpha value is -2.35. The van der Waals surface area contributed by atoms with E-state index in [4.69, 9.17) is 9.47 Å². The number of hydrogen-bond acceptors (Lipinski definition) is 5. The number of rotatable bonds is 4. The van der Waals surface area contributed by atoms with E-state index in [0.29, 0.717) is 39.3 Å². The summed E-state index contributed by atoms with van der Waals surface area (Å²) in [6.07, 6.45) is 3.01. The van der Waals surface area contributed by atoms with Crippen LogP contribution in [0.25, 0.3) is 0 Å². The van der Waals surface area contributed by atoms with E-state index >= 15 is 0 Å². The fourth-order valence-electron chi connectivity index (χ4n) is 3.35. The molecule has 3 rings (SSSR count). The van der Waals surface area contributed by atoms with Gasteiger partial charge in [0.2, 0.25) is 11.8 Å². The van der Waals surface area contributed by atoms with E-state index in [1.54, 1.807) is 28.1 Å². The maximum Gasteiger partial charge on any atom is 0.293 e. The number of amides is 2. The van der Waals surface area contributed by atoms with Crippen LogP contribution in [0.3, 0.4) is 0 Å². The van der Waals surface area contributed by atoms with Gasteiger partial charge in [-0.15, -0.1) is 0 Å². The van der Waals surface area contributed by atoms with Crippen LogP contribution in [-0.2, 0) is 20.9 Å². The number of hydrogen-bond donors (Lipinski definition) is 0. The highest BCUT2D eigenvalue weighted by molar-refractivity contribution is 5.88.